The molecule has 8 nitrogen and oxygen atoms in total. The van der Waals surface area contributed by atoms with Crippen LogP contribution >= 0.6 is 0 Å². The summed E-state index contributed by atoms with van der Waals surface area (Å²) in [5.74, 6) is -0.0865. The Bertz CT molecular complexity index is 1030. The Morgan fingerprint density at radius 3 is 2.47 bits per heavy atom. The number of nitro benzene ring substituents is 1. The third kappa shape index (κ3) is 4.96. The van der Waals surface area contributed by atoms with E-state index in [4.69, 9.17) is 0 Å². The molecule has 0 bridgehead atoms. The number of amides is 1. The number of nitro groups is 1. The predicted octanol–water partition coefficient (Wildman–Crippen LogP) is 3.58. The standard InChI is InChI=1S/C21H25N3O5S/c1-3-15(2)16-7-11-18(12-8-16)23(14-21(25)22-17-9-10-17)30(28,29)20-6-4-5-19(13-20)24(26)27/h4-8,11-13,15,17H,3,9-10,14H2,1-2H3,(H,22,25). The van der Waals surface area contributed by atoms with E-state index in [-0.39, 0.29) is 16.6 Å². The van der Waals surface area contributed by atoms with E-state index in [1.807, 2.05) is 12.1 Å². The number of sulfonamides is 1. The number of carbonyl (C=O) groups excluding carboxylic acids is 1. The fourth-order valence-electron chi connectivity index (χ4n) is 3.04. The summed E-state index contributed by atoms with van der Waals surface area (Å²) in [6.07, 6.45) is 2.71. The molecule has 0 spiro atoms. The second-order valence-corrected chi connectivity index (χ2v) is 9.37. The largest absolute Gasteiger partial charge is 0.352 e. The van der Waals surface area contributed by atoms with E-state index in [0.29, 0.717) is 11.6 Å². The van der Waals surface area contributed by atoms with Gasteiger partial charge in [0.1, 0.15) is 6.54 Å². The van der Waals surface area contributed by atoms with Crippen molar-refractivity contribution in [2.75, 3.05) is 10.8 Å². The fraction of sp³-hybridized carbons (Fsp3) is 0.381. The highest BCUT2D eigenvalue weighted by Crippen LogP contribution is 2.28. The molecule has 0 aliphatic heterocycles. The van der Waals surface area contributed by atoms with Gasteiger partial charge in [-0.25, -0.2) is 8.42 Å². The molecule has 1 N–H and O–H groups in total. The van der Waals surface area contributed by atoms with Crippen LogP contribution < -0.4 is 9.62 Å². The molecule has 160 valence electrons. The van der Waals surface area contributed by atoms with Crippen molar-refractivity contribution >= 4 is 27.3 Å². The summed E-state index contributed by atoms with van der Waals surface area (Å²) in [5.41, 5.74) is 1.07. The van der Waals surface area contributed by atoms with Crippen LogP contribution in [0.15, 0.2) is 53.4 Å². The minimum atomic E-state index is -4.19. The number of hydrogen-bond acceptors (Lipinski definition) is 5. The van der Waals surface area contributed by atoms with Gasteiger partial charge < -0.3 is 5.32 Å². The maximum atomic E-state index is 13.3. The van der Waals surface area contributed by atoms with Crippen LogP contribution in [0.1, 0.15) is 44.6 Å². The first-order valence-electron chi connectivity index (χ1n) is 9.89. The van der Waals surface area contributed by atoms with Crippen molar-refractivity contribution in [2.24, 2.45) is 0 Å². The summed E-state index contributed by atoms with van der Waals surface area (Å²) in [6, 6.07) is 12.0. The fourth-order valence-corrected chi connectivity index (χ4v) is 4.50. The number of carbonyl (C=O) groups is 1. The summed E-state index contributed by atoms with van der Waals surface area (Å²) in [4.78, 5) is 22.6. The van der Waals surface area contributed by atoms with E-state index in [0.717, 1.165) is 35.2 Å². The summed E-state index contributed by atoms with van der Waals surface area (Å²) >= 11 is 0. The van der Waals surface area contributed by atoms with Crippen LogP contribution in [-0.4, -0.2) is 31.8 Å². The van der Waals surface area contributed by atoms with Crippen molar-refractivity contribution < 1.29 is 18.1 Å². The van der Waals surface area contributed by atoms with Crippen molar-refractivity contribution in [2.45, 2.75) is 50.0 Å². The molecule has 1 atom stereocenters. The molecule has 1 aliphatic carbocycles. The van der Waals surface area contributed by atoms with Crippen LogP contribution in [0.2, 0.25) is 0 Å². The zero-order valence-corrected chi connectivity index (χ0v) is 17.8. The number of anilines is 1. The van der Waals surface area contributed by atoms with E-state index < -0.39 is 27.4 Å². The quantitative estimate of drug-likeness (QED) is 0.482. The lowest BCUT2D eigenvalue weighted by atomic mass is 9.99. The van der Waals surface area contributed by atoms with Gasteiger partial charge in [-0.2, -0.15) is 0 Å². The zero-order valence-electron chi connectivity index (χ0n) is 16.9. The molecule has 1 aliphatic rings. The van der Waals surface area contributed by atoms with Gasteiger partial charge >= 0.3 is 0 Å². The Labute approximate surface area is 176 Å². The molecular formula is C21H25N3O5S. The van der Waals surface area contributed by atoms with Crippen molar-refractivity contribution in [1.82, 2.24) is 5.32 Å². The minimum absolute atomic E-state index is 0.0904. The second kappa shape index (κ2) is 8.83. The Balaban J connectivity index is 1.98. The maximum Gasteiger partial charge on any atom is 0.270 e. The molecule has 0 radical (unpaired) electrons. The van der Waals surface area contributed by atoms with Crippen LogP contribution in [0, 0.1) is 10.1 Å². The molecule has 2 aromatic rings. The lowest BCUT2D eigenvalue weighted by Gasteiger charge is -2.24. The molecule has 3 rings (SSSR count). The maximum absolute atomic E-state index is 13.3. The SMILES string of the molecule is CCC(C)c1ccc(N(CC(=O)NC2CC2)S(=O)(=O)c2cccc([N+](=O)[O-])c2)cc1. The number of nitrogens with zero attached hydrogens (tertiary/aromatic N) is 2. The number of rotatable bonds is 9. The van der Waals surface area contributed by atoms with Gasteiger partial charge in [0.25, 0.3) is 15.7 Å². The molecule has 1 unspecified atom stereocenters. The first-order valence-corrected chi connectivity index (χ1v) is 11.3. The van der Waals surface area contributed by atoms with Crippen molar-refractivity contribution in [1.29, 1.82) is 0 Å². The average molecular weight is 432 g/mol. The Hall–Kier alpha value is -2.94. The first-order chi connectivity index (χ1) is 14.2. The van der Waals surface area contributed by atoms with Gasteiger partial charge in [0, 0.05) is 18.2 Å². The van der Waals surface area contributed by atoms with Crippen LogP contribution in [0.3, 0.4) is 0 Å². The van der Waals surface area contributed by atoms with Crippen LogP contribution in [-0.2, 0) is 14.8 Å². The summed E-state index contributed by atoms with van der Waals surface area (Å²) < 4.78 is 27.7. The summed E-state index contributed by atoms with van der Waals surface area (Å²) in [6.45, 7) is 3.75. The normalized spacial score (nSPS) is 14.7. The van der Waals surface area contributed by atoms with Gasteiger partial charge in [-0.1, -0.05) is 32.0 Å². The predicted molar refractivity (Wildman–Crippen MR) is 114 cm³/mol. The van der Waals surface area contributed by atoms with E-state index in [9.17, 15) is 23.3 Å². The molecule has 1 saturated carbocycles. The van der Waals surface area contributed by atoms with E-state index in [2.05, 4.69) is 19.2 Å². The lowest BCUT2D eigenvalue weighted by molar-refractivity contribution is -0.385. The van der Waals surface area contributed by atoms with Crippen LogP contribution in [0.4, 0.5) is 11.4 Å². The van der Waals surface area contributed by atoms with Gasteiger partial charge in [-0.3, -0.25) is 19.2 Å². The molecule has 1 fully saturated rings. The zero-order chi connectivity index (χ0) is 21.9. The van der Waals surface area contributed by atoms with E-state index >= 15 is 0 Å². The van der Waals surface area contributed by atoms with Crippen molar-refractivity contribution in [3.63, 3.8) is 0 Å². The van der Waals surface area contributed by atoms with Gasteiger partial charge in [-0.15, -0.1) is 0 Å². The smallest absolute Gasteiger partial charge is 0.270 e. The molecular weight excluding hydrogens is 406 g/mol. The topological polar surface area (TPSA) is 110 Å². The first kappa shape index (κ1) is 21.8. The highest BCUT2D eigenvalue weighted by molar-refractivity contribution is 7.92. The Morgan fingerprint density at radius 2 is 1.90 bits per heavy atom. The van der Waals surface area contributed by atoms with Crippen LogP contribution in [0.25, 0.3) is 0 Å². The second-order valence-electron chi connectivity index (χ2n) is 7.51. The molecule has 9 heteroatoms. The van der Waals surface area contributed by atoms with Crippen LogP contribution in [0.5, 0.6) is 0 Å². The van der Waals surface area contributed by atoms with Crippen molar-refractivity contribution in [3.05, 3.63) is 64.2 Å². The molecule has 2 aromatic carbocycles. The average Bonchev–Trinajstić information content (AvgIpc) is 3.55. The Kier molecular flexibility index (Phi) is 6.40. The third-order valence-corrected chi connectivity index (χ3v) is 6.98. The summed E-state index contributed by atoms with van der Waals surface area (Å²) in [7, 11) is -4.19. The summed E-state index contributed by atoms with van der Waals surface area (Å²) in [5, 5.41) is 13.9. The number of non-ortho nitro benzene ring substituents is 1. The molecule has 30 heavy (non-hydrogen) atoms. The van der Waals surface area contributed by atoms with Gasteiger partial charge in [0.05, 0.1) is 15.5 Å². The minimum Gasteiger partial charge on any atom is -0.352 e. The van der Waals surface area contributed by atoms with Gasteiger partial charge in [0.15, 0.2) is 0 Å². The molecule has 0 aromatic heterocycles. The van der Waals surface area contributed by atoms with E-state index in [1.54, 1.807) is 12.1 Å². The number of benzene rings is 2. The number of nitrogens with one attached hydrogen (secondary N) is 1. The highest BCUT2D eigenvalue weighted by Gasteiger charge is 2.30. The lowest BCUT2D eigenvalue weighted by Crippen LogP contribution is -2.41. The number of hydrogen-bond donors (Lipinski definition) is 1. The van der Waals surface area contributed by atoms with Gasteiger partial charge in [0.2, 0.25) is 5.91 Å². The monoisotopic (exact) mass is 431 g/mol. The van der Waals surface area contributed by atoms with E-state index in [1.165, 1.54) is 18.2 Å². The highest BCUT2D eigenvalue weighted by atomic mass is 32.2. The Morgan fingerprint density at radius 1 is 1.23 bits per heavy atom. The molecule has 1 amide bonds. The molecule has 0 saturated heterocycles. The molecule has 0 heterocycles. The third-order valence-electron chi connectivity index (χ3n) is 5.21. The van der Waals surface area contributed by atoms with Crippen molar-refractivity contribution in [3.8, 4) is 0 Å². The van der Waals surface area contributed by atoms with Gasteiger partial charge in [-0.05, 0) is 48.9 Å².